The summed E-state index contributed by atoms with van der Waals surface area (Å²) in [6.07, 6.45) is -2.46. The minimum atomic E-state index is -4.37. The number of anilines is 1. The number of halogens is 3. The van der Waals surface area contributed by atoms with Gasteiger partial charge in [-0.15, -0.1) is 0 Å². The average molecular weight is 316 g/mol. The number of methoxy groups -OCH3 is 1. The maximum absolute atomic E-state index is 12.5. The smallest absolute Gasteiger partial charge is 0.384 e. The molecule has 1 aromatic carbocycles. The highest BCUT2D eigenvalue weighted by molar-refractivity contribution is 5.89. The first kappa shape index (κ1) is 16.6. The summed E-state index contributed by atoms with van der Waals surface area (Å²) in [7, 11) is 1.63. The van der Waals surface area contributed by atoms with Crippen LogP contribution in [0.25, 0.3) is 0 Å². The van der Waals surface area contributed by atoms with Gasteiger partial charge >= 0.3 is 12.2 Å². The van der Waals surface area contributed by atoms with Crippen molar-refractivity contribution in [3.8, 4) is 0 Å². The Morgan fingerprint density at radius 2 is 2.05 bits per heavy atom. The fourth-order valence-electron chi connectivity index (χ4n) is 2.57. The molecule has 1 aromatic rings. The number of ether oxygens (including phenoxy) is 1. The first-order valence-corrected chi connectivity index (χ1v) is 7.12. The Hall–Kier alpha value is -1.76. The molecule has 2 amide bonds. The molecular formula is C15H19F3N2O2. The summed E-state index contributed by atoms with van der Waals surface area (Å²) < 4.78 is 42.6. The zero-order valence-corrected chi connectivity index (χ0v) is 12.3. The number of hydrogen-bond acceptors (Lipinski definition) is 2. The number of nitrogens with zero attached hydrogens (tertiary/aromatic N) is 1. The Kier molecular flexibility index (Phi) is 5.28. The van der Waals surface area contributed by atoms with E-state index in [1.165, 1.54) is 12.1 Å². The maximum Gasteiger partial charge on any atom is 0.416 e. The lowest BCUT2D eigenvalue weighted by atomic mass is 9.99. The summed E-state index contributed by atoms with van der Waals surface area (Å²) in [6.45, 7) is 1.84. The van der Waals surface area contributed by atoms with E-state index in [4.69, 9.17) is 4.74 Å². The van der Waals surface area contributed by atoms with E-state index >= 15 is 0 Å². The van der Waals surface area contributed by atoms with E-state index in [1.807, 2.05) is 0 Å². The van der Waals surface area contributed by atoms with Crippen molar-refractivity contribution < 1.29 is 22.7 Å². The van der Waals surface area contributed by atoms with Crippen LogP contribution in [-0.4, -0.2) is 37.7 Å². The van der Waals surface area contributed by atoms with Gasteiger partial charge in [0.15, 0.2) is 0 Å². The molecule has 0 saturated carbocycles. The van der Waals surface area contributed by atoms with Gasteiger partial charge in [-0.25, -0.2) is 4.79 Å². The number of amides is 2. The summed E-state index contributed by atoms with van der Waals surface area (Å²) in [5, 5.41) is 2.63. The van der Waals surface area contributed by atoms with Crippen LogP contribution in [0.5, 0.6) is 0 Å². The third-order valence-electron chi connectivity index (χ3n) is 3.67. The Morgan fingerprint density at radius 3 is 2.64 bits per heavy atom. The minimum Gasteiger partial charge on any atom is -0.384 e. The molecule has 2 rings (SSSR count). The summed E-state index contributed by atoms with van der Waals surface area (Å²) in [5.41, 5.74) is -0.379. The van der Waals surface area contributed by atoms with E-state index in [9.17, 15) is 18.0 Å². The quantitative estimate of drug-likeness (QED) is 0.926. The third-order valence-corrected chi connectivity index (χ3v) is 3.67. The van der Waals surface area contributed by atoms with Gasteiger partial charge < -0.3 is 15.0 Å². The van der Waals surface area contributed by atoms with Gasteiger partial charge in [0.2, 0.25) is 0 Å². The van der Waals surface area contributed by atoms with Crippen molar-refractivity contribution in [2.45, 2.75) is 19.0 Å². The van der Waals surface area contributed by atoms with Gasteiger partial charge in [-0.05, 0) is 37.1 Å². The van der Waals surface area contributed by atoms with Gasteiger partial charge in [0.1, 0.15) is 0 Å². The number of likely N-dealkylation sites (tertiary alicyclic amines) is 1. The highest BCUT2D eigenvalue weighted by Crippen LogP contribution is 2.30. The Balaban J connectivity index is 1.94. The van der Waals surface area contributed by atoms with Crippen molar-refractivity contribution in [1.82, 2.24) is 4.90 Å². The van der Waals surface area contributed by atoms with E-state index in [0.29, 0.717) is 31.3 Å². The number of alkyl halides is 3. The van der Waals surface area contributed by atoms with E-state index in [-0.39, 0.29) is 6.03 Å². The second-order valence-corrected chi connectivity index (χ2v) is 5.41. The van der Waals surface area contributed by atoms with Crippen molar-refractivity contribution >= 4 is 11.7 Å². The van der Waals surface area contributed by atoms with Gasteiger partial charge in [0.05, 0.1) is 12.2 Å². The van der Waals surface area contributed by atoms with E-state index in [2.05, 4.69) is 5.32 Å². The lowest BCUT2D eigenvalue weighted by molar-refractivity contribution is -0.137. The van der Waals surface area contributed by atoms with Crippen LogP contribution >= 0.6 is 0 Å². The summed E-state index contributed by atoms with van der Waals surface area (Å²) in [6, 6.07) is 4.15. The Bertz CT molecular complexity index is 501. The molecule has 4 nitrogen and oxygen atoms in total. The molecule has 7 heteroatoms. The number of urea groups is 1. The standard InChI is InChI=1S/C15H19F3N2O2/c1-22-10-11-3-2-8-20(9-11)14(21)19-13-6-4-12(5-7-13)15(16,17)18/h4-7,11H,2-3,8-10H2,1H3,(H,19,21). The average Bonchev–Trinajstić information content (AvgIpc) is 2.47. The highest BCUT2D eigenvalue weighted by Gasteiger charge is 2.30. The summed E-state index contributed by atoms with van der Waals surface area (Å²) in [5.74, 6) is 0.303. The van der Waals surface area contributed by atoms with Gasteiger partial charge in [0.25, 0.3) is 0 Å². The molecule has 0 aromatic heterocycles. The van der Waals surface area contributed by atoms with Gasteiger partial charge in [-0.3, -0.25) is 0 Å². The van der Waals surface area contributed by atoms with E-state index < -0.39 is 11.7 Å². The number of carbonyl (C=O) groups excluding carboxylic acids is 1. The predicted octanol–water partition coefficient (Wildman–Crippen LogP) is 3.60. The number of nitrogens with one attached hydrogen (secondary N) is 1. The molecule has 0 bridgehead atoms. The van der Waals surface area contributed by atoms with Crippen molar-refractivity contribution in [2.75, 3.05) is 32.1 Å². The molecule has 1 fully saturated rings. The number of carbonyl (C=O) groups is 1. The lowest BCUT2D eigenvalue weighted by Gasteiger charge is -2.32. The van der Waals surface area contributed by atoms with E-state index in [1.54, 1.807) is 12.0 Å². The lowest BCUT2D eigenvalue weighted by Crippen LogP contribution is -2.43. The minimum absolute atomic E-state index is 0.291. The zero-order chi connectivity index (χ0) is 16.2. The second-order valence-electron chi connectivity index (χ2n) is 5.41. The topological polar surface area (TPSA) is 41.6 Å². The number of rotatable bonds is 3. The van der Waals surface area contributed by atoms with Crippen molar-refractivity contribution in [2.24, 2.45) is 5.92 Å². The van der Waals surface area contributed by atoms with Crippen molar-refractivity contribution in [3.63, 3.8) is 0 Å². The van der Waals surface area contributed by atoms with Gasteiger partial charge in [-0.2, -0.15) is 13.2 Å². The van der Waals surface area contributed by atoms with Crippen LogP contribution in [0.4, 0.5) is 23.7 Å². The second kappa shape index (κ2) is 7.00. The first-order chi connectivity index (χ1) is 10.4. The first-order valence-electron chi connectivity index (χ1n) is 7.12. The third kappa shape index (κ3) is 4.37. The number of benzene rings is 1. The fraction of sp³-hybridized carbons (Fsp3) is 0.533. The Morgan fingerprint density at radius 1 is 1.36 bits per heavy atom. The maximum atomic E-state index is 12.5. The molecule has 0 radical (unpaired) electrons. The SMILES string of the molecule is COCC1CCCN(C(=O)Nc2ccc(C(F)(F)F)cc2)C1. The monoisotopic (exact) mass is 316 g/mol. The molecule has 0 spiro atoms. The fourth-order valence-corrected chi connectivity index (χ4v) is 2.57. The molecule has 1 heterocycles. The molecular weight excluding hydrogens is 297 g/mol. The molecule has 1 aliphatic rings. The number of hydrogen-bond donors (Lipinski definition) is 1. The summed E-state index contributed by atoms with van der Waals surface area (Å²) in [4.78, 5) is 13.8. The molecule has 0 aliphatic carbocycles. The molecule has 122 valence electrons. The van der Waals surface area contributed by atoms with Crippen molar-refractivity contribution in [3.05, 3.63) is 29.8 Å². The normalized spacial score (nSPS) is 19.1. The highest BCUT2D eigenvalue weighted by atomic mass is 19.4. The molecule has 1 saturated heterocycles. The predicted molar refractivity (Wildman–Crippen MR) is 76.6 cm³/mol. The van der Waals surface area contributed by atoms with Crippen LogP contribution in [0.15, 0.2) is 24.3 Å². The van der Waals surface area contributed by atoms with Gasteiger partial charge in [-0.1, -0.05) is 0 Å². The van der Waals surface area contributed by atoms with E-state index in [0.717, 1.165) is 25.0 Å². The number of piperidine rings is 1. The van der Waals surface area contributed by atoms with Crippen LogP contribution in [-0.2, 0) is 10.9 Å². The van der Waals surface area contributed by atoms with Crippen LogP contribution in [0.1, 0.15) is 18.4 Å². The molecule has 1 unspecified atom stereocenters. The molecule has 1 atom stereocenters. The summed E-state index contributed by atoms with van der Waals surface area (Å²) >= 11 is 0. The molecule has 22 heavy (non-hydrogen) atoms. The van der Waals surface area contributed by atoms with Crippen LogP contribution in [0.3, 0.4) is 0 Å². The van der Waals surface area contributed by atoms with Crippen LogP contribution < -0.4 is 5.32 Å². The molecule has 1 aliphatic heterocycles. The Labute approximate surface area is 127 Å². The molecule has 1 N–H and O–H groups in total. The van der Waals surface area contributed by atoms with Crippen LogP contribution in [0.2, 0.25) is 0 Å². The zero-order valence-electron chi connectivity index (χ0n) is 12.3. The van der Waals surface area contributed by atoms with Gasteiger partial charge in [0, 0.05) is 31.8 Å². The van der Waals surface area contributed by atoms with Crippen molar-refractivity contribution in [1.29, 1.82) is 0 Å². The van der Waals surface area contributed by atoms with Crippen LogP contribution in [0, 0.1) is 5.92 Å². The largest absolute Gasteiger partial charge is 0.416 e.